The van der Waals surface area contributed by atoms with Crippen LogP contribution in [0.15, 0.2) is 0 Å². The number of rotatable bonds is 75. The van der Waals surface area contributed by atoms with Crippen molar-refractivity contribution >= 4 is 39.5 Å². The van der Waals surface area contributed by atoms with Crippen LogP contribution in [0.4, 0.5) is 0 Å². The number of esters is 4. The number of phosphoric acid groups is 2. The molecule has 0 aliphatic heterocycles. The van der Waals surface area contributed by atoms with Crippen molar-refractivity contribution in [2.24, 2.45) is 5.92 Å². The van der Waals surface area contributed by atoms with E-state index in [-0.39, 0.29) is 25.7 Å². The van der Waals surface area contributed by atoms with Gasteiger partial charge < -0.3 is 33.8 Å². The van der Waals surface area contributed by atoms with Gasteiger partial charge in [0.25, 0.3) is 0 Å². The van der Waals surface area contributed by atoms with E-state index in [1.807, 2.05) is 0 Å². The van der Waals surface area contributed by atoms with Gasteiger partial charge in [-0.25, -0.2) is 9.13 Å². The quantitative estimate of drug-likeness (QED) is 0.0222. The molecule has 0 saturated heterocycles. The monoisotopic (exact) mass is 1380 g/mol. The highest BCUT2D eigenvalue weighted by Gasteiger charge is 2.30. The second-order valence-electron chi connectivity index (χ2n) is 27.5. The summed E-state index contributed by atoms with van der Waals surface area (Å²) in [6.07, 6.45) is 57.2. The Morgan fingerprint density at radius 1 is 0.287 bits per heavy atom. The van der Waals surface area contributed by atoms with Crippen LogP contribution in [0.25, 0.3) is 0 Å². The van der Waals surface area contributed by atoms with Gasteiger partial charge >= 0.3 is 39.5 Å². The first-order valence-electron chi connectivity index (χ1n) is 39.1. The maximum absolute atomic E-state index is 13.1. The molecule has 0 aromatic heterocycles. The predicted molar refractivity (Wildman–Crippen MR) is 382 cm³/mol. The van der Waals surface area contributed by atoms with Gasteiger partial charge in [0.15, 0.2) is 12.2 Å². The van der Waals surface area contributed by atoms with Crippen molar-refractivity contribution in [3.63, 3.8) is 0 Å². The van der Waals surface area contributed by atoms with Crippen LogP contribution in [0, 0.1) is 5.92 Å². The molecule has 17 nitrogen and oxygen atoms in total. The molecule has 0 rings (SSSR count). The molecule has 0 bridgehead atoms. The summed E-state index contributed by atoms with van der Waals surface area (Å²) in [5.41, 5.74) is 0. The van der Waals surface area contributed by atoms with E-state index in [4.69, 9.17) is 37.0 Å². The van der Waals surface area contributed by atoms with E-state index < -0.39 is 97.5 Å². The van der Waals surface area contributed by atoms with E-state index in [2.05, 4.69) is 34.6 Å². The molecule has 0 aromatic carbocycles. The van der Waals surface area contributed by atoms with Gasteiger partial charge in [-0.2, -0.15) is 0 Å². The third kappa shape index (κ3) is 68.6. The van der Waals surface area contributed by atoms with Crippen LogP contribution >= 0.6 is 15.6 Å². The summed E-state index contributed by atoms with van der Waals surface area (Å²) in [7, 11) is -9.90. The van der Waals surface area contributed by atoms with Crippen molar-refractivity contribution in [1.82, 2.24) is 0 Å². The molecule has 0 fully saturated rings. The standard InChI is InChI=1S/C75H146O17P2/c1-6-9-12-15-18-21-22-23-24-25-26-27-31-34-37-40-45-49-54-59-73(78)86-65-71(92-75(80)61-56-51-46-41-38-35-32-29-28-30-33-36-39-42-47-52-57-68(4)5)67-90-94(83,84)88-63-69(76)62-87-93(81,82)89-66-70(91-74(79)60-55-50-44-20-17-14-11-8-3)64-85-72(77)58-53-48-43-19-16-13-10-7-2/h68-71,76H,6-67H2,1-5H3,(H,81,82)(H,83,84)/t69-,70+,71+/m0/s1. The Hall–Kier alpha value is -1.94. The molecule has 94 heavy (non-hydrogen) atoms. The number of ether oxygens (including phenoxy) is 4. The van der Waals surface area contributed by atoms with Crippen LogP contribution in [-0.2, 0) is 65.4 Å². The number of phosphoric ester groups is 2. The Balaban J connectivity index is 5.14. The Kier molecular flexibility index (Phi) is 66.8. The lowest BCUT2D eigenvalue weighted by Gasteiger charge is -2.21. The molecule has 5 atom stereocenters. The molecule has 19 heteroatoms. The van der Waals surface area contributed by atoms with Crippen LogP contribution in [0.2, 0.25) is 0 Å². The molecule has 558 valence electrons. The molecular weight excluding hydrogens is 1230 g/mol. The number of aliphatic hydroxyl groups is 1. The van der Waals surface area contributed by atoms with E-state index in [0.717, 1.165) is 109 Å². The predicted octanol–water partition coefficient (Wildman–Crippen LogP) is 22.1. The average molecular weight is 1380 g/mol. The molecule has 0 aromatic rings. The summed E-state index contributed by atoms with van der Waals surface area (Å²) in [5.74, 6) is -1.31. The summed E-state index contributed by atoms with van der Waals surface area (Å²) in [6.45, 7) is 7.26. The Labute approximate surface area is 575 Å². The molecule has 0 radical (unpaired) electrons. The van der Waals surface area contributed by atoms with Gasteiger partial charge in [0.2, 0.25) is 0 Å². The number of carbonyl (C=O) groups is 4. The molecule has 0 saturated carbocycles. The first-order valence-corrected chi connectivity index (χ1v) is 42.1. The van der Waals surface area contributed by atoms with Gasteiger partial charge in [0.05, 0.1) is 26.4 Å². The topological polar surface area (TPSA) is 237 Å². The van der Waals surface area contributed by atoms with Gasteiger partial charge in [-0.05, 0) is 31.6 Å². The smallest absolute Gasteiger partial charge is 0.462 e. The lowest BCUT2D eigenvalue weighted by atomic mass is 10.0. The van der Waals surface area contributed by atoms with E-state index >= 15 is 0 Å². The van der Waals surface area contributed by atoms with E-state index in [9.17, 15) is 43.2 Å². The van der Waals surface area contributed by atoms with Crippen LogP contribution in [-0.4, -0.2) is 96.7 Å². The number of carbonyl (C=O) groups excluding carboxylic acids is 4. The van der Waals surface area contributed by atoms with Crippen molar-refractivity contribution in [2.75, 3.05) is 39.6 Å². The third-order valence-corrected chi connectivity index (χ3v) is 19.4. The second kappa shape index (κ2) is 68.2. The highest BCUT2D eigenvalue weighted by molar-refractivity contribution is 7.47. The fourth-order valence-corrected chi connectivity index (χ4v) is 13.1. The Morgan fingerprint density at radius 2 is 0.489 bits per heavy atom. The van der Waals surface area contributed by atoms with Crippen molar-refractivity contribution in [3.05, 3.63) is 0 Å². The number of aliphatic hydroxyl groups excluding tert-OH is 1. The van der Waals surface area contributed by atoms with Crippen molar-refractivity contribution in [1.29, 1.82) is 0 Å². The van der Waals surface area contributed by atoms with Crippen LogP contribution in [0.1, 0.15) is 394 Å². The van der Waals surface area contributed by atoms with Crippen molar-refractivity contribution < 1.29 is 80.2 Å². The lowest BCUT2D eigenvalue weighted by molar-refractivity contribution is -0.161. The zero-order valence-corrected chi connectivity index (χ0v) is 62.9. The summed E-state index contributed by atoms with van der Waals surface area (Å²) in [4.78, 5) is 72.5. The van der Waals surface area contributed by atoms with Crippen molar-refractivity contribution in [2.45, 2.75) is 412 Å². The van der Waals surface area contributed by atoms with Crippen LogP contribution in [0.3, 0.4) is 0 Å². The van der Waals surface area contributed by atoms with Gasteiger partial charge in [-0.3, -0.25) is 37.3 Å². The van der Waals surface area contributed by atoms with Gasteiger partial charge in [-0.1, -0.05) is 343 Å². The largest absolute Gasteiger partial charge is 0.472 e. The maximum atomic E-state index is 13.1. The van der Waals surface area contributed by atoms with E-state index in [0.29, 0.717) is 25.7 Å². The van der Waals surface area contributed by atoms with Crippen LogP contribution < -0.4 is 0 Å². The fourth-order valence-electron chi connectivity index (χ4n) is 11.5. The molecule has 0 aliphatic carbocycles. The molecule has 2 unspecified atom stereocenters. The minimum absolute atomic E-state index is 0.105. The average Bonchev–Trinajstić information content (AvgIpc) is 1.96. The van der Waals surface area contributed by atoms with Gasteiger partial charge in [0.1, 0.15) is 19.3 Å². The van der Waals surface area contributed by atoms with Gasteiger partial charge in [-0.15, -0.1) is 0 Å². The molecule has 0 heterocycles. The third-order valence-electron chi connectivity index (χ3n) is 17.5. The Bertz CT molecular complexity index is 1810. The number of unbranched alkanes of at least 4 members (excludes halogenated alkanes) is 47. The Morgan fingerprint density at radius 3 is 0.723 bits per heavy atom. The summed E-state index contributed by atoms with van der Waals surface area (Å²) >= 11 is 0. The molecule has 0 amide bonds. The highest BCUT2D eigenvalue weighted by Crippen LogP contribution is 2.45. The summed E-state index contributed by atoms with van der Waals surface area (Å²) in [6, 6.07) is 0. The molecule has 3 N–H and O–H groups in total. The lowest BCUT2D eigenvalue weighted by Crippen LogP contribution is -2.30. The number of hydrogen-bond donors (Lipinski definition) is 3. The first kappa shape index (κ1) is 92.1. The van der Waals surface area contributed by atoms with E-state index in [1.54, 1.807) is 0 Å². The zero-order chi connectivity index (χ0) is 69.1. The van der Waals surface area contributed by atoms with Crippen LogP contribution in [0.5, 0.6) is 0 Å². The zero-order valence-electron chi connectivity index (χ0n) is 61.1. The SMILES string of the molecule is CCCCCCCCCCCCCCCCCCCCCC(=O)OC[C@H](COP(=O)(O)OC[C@@H](O)COP(=O)(O)OC[C@@H](COC(=O)CCCCCCCCCC)OC(=O)CCCCCCCCCC)OC(=O)CCCCCCCCCCCCCCCCCCC(C)C. The summed E-state index contributed by atoms with van der Waals surface area (Å²) < 4.78 is 68.3. The number of hydrogen-bond acceptors (Lipinski definition) is 15. The minimum Gasteiger partial charge on any atom is -0.462 e. The maximum Gasteiger partial charge on any atom is 0.472 e. The summed E-state index contributed by atoms with van der Waals surface area (Å²) in [5, 5.41) is 10.6. The molecular formula is C75H146O17P2. The first-order chi connectivity index (χ1) is 45.5. The molecule has 0 spiro atoms. The van der Waals surface area contributed by atoms with E-state index in [1.165, 1.54) is 205 Å². The van der Waals surface area contributed by atoms with Gasteiger partial charge in [0, 0.05) is 25.7 Å². The highest BCUT2D eigenvalue weighted by atomic mass is 31.2. The second-order valence-corrected chi connectivity index (χ2v) is 30.4. The van der Waals surface area contributed by atoms with Crippen molar-refractivity contribution in [3.8, 4) is 0 Å². The normalized spacial score (nSPS) is 14.0. The molecule has 0 aliphatic rings. The fraction of sp³-hybridized carbons (Fsp3) is 0.947. The minimum atomic E-state index is -4.95.